The maximum absolute atomic E-state index is 11.5. The lowest BCUT2D eigenvalue weighted by molar-refractivity contribution is -0.0535. The van der Waals surface area contributed by atoms with Crippen molar-refractivity contribution in [2.24, 2.45) is 0 Å². The lowest BCUT2D eigenvalue weighted by atomic mass is 10.1. The maximum Gasteiger partial charge on any atom is 0.472 e. The Balaban J connectivity index is 1.90. The summed E-state index contributed by atoms with van der Waals surface area (Å²) in [5, 5.41) is 0. The Bertz CT molecular complexity index is 700. The molecule has 3 heterocycles. The third-order valence-electron chi connectivity index (χ3n) is 3.10. The first kappa shape index (κ1) is 14.2. The summed E-state index contributed by atoms with van der Waals surface area (Å²) < 4.78 is 26.6. The van der Waals surface area contributed by atoms with Crippen LogP contribution in [0.2, 0.25) is 0 Å². The number of halogens is 1. The molecule has 2 aliphatic rings. The first-order valence-electron chi connectivity index (χ1n) is 5.69. The van der Waals surface area contributed by atoms with E-state index < -0.39 is 37.4 Å². The van der Waals surface area contributed by atoms with Crippen molar-refractivity contribution in [3.63, 3.8) is 0 Å². The molecular formula is C9H10BrN2O7P. The molecule has 3 rings (SSSR count). The van der Waals surface area contributed by atoms with Crippen LogP contribution in [0.15, 0.2) is 14.1 Å². The molecule has 0 aliphatic carbocycles. The number of rotatable bonds is 1. The van der Waals surface area contributed by atoms with Crippen LogP contribution in [0.1, 0.15) is 18.2 Å². The third-order valence-corrected chi connectivity index (χ3v) is 4.90. The zero-order chi connectivity index (χ0) is 14.5. The van der Waals surface area contributed by atoms with Crippen LogP contribution in [0.4, 0.5) is 0 Å². The number of aromatic amines is 2. The molecular weight excluding hydrogens is 359 g/mol. The van der Waals surface area contributed by atoms with Crippen LogP contribution in [-0.4, -0.2) is 33.7 Å². The van der Waals surface area contributed by atoms with E-state index >= 15 is 0 Å². The van der Waals surface area contributed by atoms with Gasteiger partial charge in [0.2, 0.25) is 0 Å². The zero-order valence-corrected chi connectivity index (χ0v) is 12.3. The van der Waals surface area contributed by atoms with Crippen LogP contribution >= 0.6 is 23.8 Å². The standard InChI is InChI=1S/C9H10BrN2O7P/c10-6-7(11-9(14)12-8(6)13)4-1-3-5(18-4)2-17-20(15,16)19-3/h3-5H,1-2H2,(H,15,16)(H2,11,12,13,14)/t3-,4+,5+/m0/s1. The van der Waals surface area contributed by atoms with Gasteiger partial charge in [0.25, 0.3) is 5.56 Å². The smallest absolute Gasteiger partial charge is 0.363 e. The van der Waals surface area contributed by atoms with Gasteiger partial charge in [0.05, 0.1) is 12.3 Å². The fourth-order valence-corrected chi connectivity index (χ4v) is 3.65. The van der Waals surface area contributed by atoms with Crippen molar-refractivity contribution < 1.29 is 23.2 Å². The van der Waals surface area contributed by atoms with Crippen LogP contribution < -0.4 is 11.2 Å². The molecule has 0 radical (unpaired) electrons. The fourth-order valence-electron chi connectivity index (χ4n) is 2.24. The number of aromatic nitrogens is 2. The van der Waals surface area contributed by atoms with E-state index in [-0.39, 0.29) is 23.2 Å². The highest BCUT2D eigenvalue weighted by molar-refractivity contribution is 9.10. The molecule has 2 aliphatic heterocycles. The third kappa shape index (κ3) is 2.54. The van der Waals surface area contributed by atoms with Crippen LogP contribution in [0.5, 0.6) is 0 Å². The molecule has 1 aromatic rings. The van der Waals surface area contributed by atoms with E-state index in [1.54, 1.807) is 0 Å². The van der Waals surface area contributed by atoms with Gasteiger partial charge >= 0.3 is 13.5 Å². The van der Waals surface area contributed by atoms with E-state index in [4.69, 9.17) is 9.26 Å². The lowest BCUT2D eigenvalue weighted by Gasteiger charge is -2.26. The van der Waals surface area contributed by atoms with Crippen molar-refractivity contribution in [1.82, 2.24) is 9.97 Å². The largest absolute Gasteiger partial charge is 0.472 e. The van der Waals surface area contributed by atoms with Gasteiger partial charge < -0.3 is 14.6 Å². The molecule has 110 valence electrons. The minimum absolute atomic E-state index is 0.0833. The molecule has 1 aromatic heterocycles. The minimum Gasteiger partial charge on any atom is -0.363 e. The number of H-pyrrole nitrogens is 2. The zero-order valence-electron chi connectivity index (χ0n) is 9.87. The van der Waals surface area contributed by atoms with E-state index in [0.29, 0.717) is 0 Å². The Morgan fingerprint density at radius 2 is 2.05 bits per heavy atom. The Labute approximate surface area is 120 Å². The monoisotopic (exact) mass is 368 g/mol. The maximum atomic E-state index is 11.5. The first-order valence-corrected chi connectivity index (χ1v) is 7.98. The Morgan fingerprint density at radius 3 is 2.80 bits per heavy atom. The van der Waals surface area contributed by atoms with Gasteiger partial charge in [-0.15, -0.1) is 0 Å². The molecule has 0 spiro atoms. The molecule has 11 heteroatoms. The highest BCUT2D eigenvalue weighted by Crippen LogP contribution is 2.53. The first-order chi connectivity index (χ1) is 9.35. The molecule has 0 saturated carbocycles. The Hall–Kier alpha value is -0.770. The van der Waals surface area contributed by atoms with Crippen molar-refractivity contribution in [3.05, 3.63) is 31.0 Å². The number of phosphoric ester groups is 1. The van der Waals surface area contributed by atoms with E-state index in [1.165, 1.54) is 0 Å². The van der Waals surface area contributed by atoms with Gasteiger partial charge in [-0.3, -0.25) is 18.8 Å². The van der Waals surface area contributed by atoms with Gasteiger partial charge in [-0.1, -0.05) is 0 Å². The van der Waals surface area contributed by atoms with Crippen LogP contribution in [0.3, 0.4) is 0 Å². The summed E-state index contributed by atoms with van der Waals surface area (Å²) in [5.74, 6) is 0. The second-order valence-corrected chi connectivity index (χ2v) is 6.64. The quantitative estimate of drug-likeness (QED) is 0.602. The van der Waals surface area contributed by atoms with Crippen molar-refractivity contribution in [2.45, 2.75) is 24.7 Å². The predicted octanol–water partition coefficient (Wildman–Crippen LogP) is 0.171. The molecule has 0 amide bonds. The number of hydrogen-bond donors (Lipinski definition) is 3. The predicted molar refractivity (Wildman–Crippen MR) is 68.3 cm³/mol. The van der Waals surface area contributed by atoms with Crippen LogP contribution in [0.25, 0.3) is 0 Å². The Morgan fingerprint density at radius 1 is 1.30 bits per heavy atom. The topological polar surface area (TPSA) is 131 Å². The molecule has 0 bridgehead atoms. The second kappa shape index (κ2) is 4.90. The number of nitrogens with one attached hydrogen (secondary N) is 2. The van der Waals surface area contributed by atoms with Crippen LogP contribution in [-0.2, 0) is 18.3 Å². The molecule has 4 atom stereocenters. The van der Waals surface area contributed by atoms with E-state index in [9.17, 15) is 19.0 Å². The van der Waals surface area contributed by atoms with Gasteiger partial charge in [0, 0.05) is 6.42 Å². The van der Waals surface area contributed by atoms with Gasteiger partial charge in [-0.2, -0.15) is 0 Å². The minimum atomic E-state index is -4.04. The van der Waals surface area contributed by atoms with Gasteiger partial charge in [0.1, 0.15) is 22.8 Å². The molecule has 2 fully saturated rings. The average molecular weight is 369 g/mol. The molecule has 2 saturated heterocycles. The van der Waals surface area contributed by atoms with Crippen molar-refractivity contribution >= 4 is 23.8 Å². The summed E-state index contributed by atoms with van der Waals surface area (Å²) in [6.07, 6.45) is -1.55. The fraction of sp³-hybridized carbons (Fsp3) is 0.556. The van der Waals surface area contributed by atoms with E-state index in [1.807, 2.05) is 0 Å². The number of fused-ring (bicyclic) bond motifs is 1. The van der Waals surface area contributed by atoms with Crippen LogP contribution in [0, 0.1) is 0 Å². The number of phosphoric acid groups is 1. The summed E-state index contributed by atoms with van der Waals surface area (Å²) in [6, 6.07) is 0. The van der Waals surface area contributed by atoms with Gasteiger partial charge in [-0.25, -0.2) is 9.36 Å². The van der Waals surface area contributed by atoms with Gasteiger partial charge in [0.15, 0.2) is 0 Å². The normalized spacial score (nSPS) is 36.8. The van der Waals surface area contributed by atoms with Crippen molar-refractivity contribution in [2.75, 3.05) is 6.61 Å². The lowest BCUT2D eigenvalue weighted by Crippen LogP contribution is -2.32. The molecule has 0 aromatic carbocycles. The summed E-state index contributed by atoms with van der Waals surface area (Å²) >= 11 is 3.08. The molecule has 3 N–H and O–H groups in total. The SMILES string of the molecule is O=c1[nH]c([C@H]2C[C@@H]3OP(=O)(O)OC[C@H]3O2)c(Br)c(=O)[nH]1. The van der Waals surface area contributed by atoms with Crippen molar-refractivity contribution in [3.8, 4) is 0 Å². The van der Waals surface area contributed by atoms with E-state index in [0.717, 1.165) is 0 Å². The summed E-state index contributed by atoms with van der Waals surface area (Å²) in [5.41, 5.74) is -0.964. The van der Waals surface area contributed by atoms with Gasteiger partial charge in [-0.05, 0) is 15.9 Å². The summed E-state index contributed by atoms with van der Waals surface area (Å²) in [6.45, 7) is -0.0833. The highest BCUT2D eigenvalue weighted by atomic mass is 79.9. The second-order valence-electron chi connectivity index (χ2n) is 4.44. The number of hydrogen-bond acceptors (Lipinski definition) is 6. The highest BCUT2D eigenvalue weighted by Gasteiger charge is 2.46. The summed E-state index contributed by atoms with van der Waals surface area (Å²) in [7, 11) is -4.04. The molecule has 9 nitrogen and oxygen atoms in total. The van der Waals surface area contributed by atoms with E-state index in [2.05, 4.69) is 30.4 Å². The summed E-state index contributed by atoms with van der Waals surface area (Å²) in [4.78, 5) is 36.6. The molecule has 1 unspecified atom stereocenters. The molecule has 20 heavy (non-hydrogen) atoms. The Kier molecular flexibility index (Phi) is 3.47. The van der Waals surface area contributed by atoms with Crippen molar-refractivity contribution in [1.29, 1.82) is 0 Å². The number of ether oxygens (including phenoxy) is 1. The average Bonchev–Trinajstić information content (AvgIpc) is 2.74.